The number of nitrogens with zero attached hydrogens (tertiary/aromatic N) is 1. The first-order valence-corrected chi connectivity index (χ1v) is 8.49. The zero-order chi connectivity index (χ0) is 18.2. The first-order chi connectivity index (χ1) is 12.0. The van der Waals surface area contributed by atoms with Crippen LogP contribution in [0.5, 0.6) is 11.5 Å². The molecule has 0 spiro atoms. The normalized spacial score (nSPS) is 10.1. The highest BCUT2D eigenvalue weighted by atomic mass is 32.1. The molecule has 0 aliphatic rings. The highest BCUT2D eigenvalue weighted by molar-refractivity contribution is 7.80. The first-order valence-electron chi connectivity index (χ1n) is 8.08. The number of aryl methyl sites for hydroxylation is 1. The Balaban J connectivity index is 1.83. The highest BCUT2D eigenvalue weighted by Gasteiger charge is 2.07. The lowest BCUT2D eigenvalue weighted by molar-refractivity contribution is 0.395. The molecule has 2 aromatic rings. The van der Waals surface area contributed by atoms with E-state index in [4.69, 9.17) is 21.7 Å². The fraction of sp³-hybridized carbons (Fsp3) is 0.316. The van der Waals surface area contributed by atoms with Gasteiger partial charge in [0.25, 0.3) is 0 Å². The molecule has 0 saturated carbocycles. The smallest absolute Gasteiger partial charge is 0.170 e. The molecule has 0 atom stereocenters. The van der Waals surface area contributed by atoms with Crippen molar-refractivity contribution in [2.45, 2.75) is 6.92 Å². The summed E-state index contributed by atoms with van der Waals surface area (Å²) in [7, 11) is 5.31. The fourth-order valence-electron chi connectivity index (χ4n) is 2.33. The molecule has 0 aromatic heterocycles. The molecule has 0 fully saturated rings. The molecular formula is C19H25N3O2S. The van der Waals surface area contributed by atoms with E-state index >= 15 is 0 Å². The number of rotatable bonds is 7. The molecule has 0 saturated heterocycles. The molecule has 0 radical (unpaired) electrons. The molecule has 0 heterocycles. The van der Waals surface area contributed by atoms with Crippen molar-refractivity contribution in [3.05, 3.63) is 48.0 Å². The van der Waals surface area contributed by atoms with E-state index in [-0.39, 0.29) is 0 Å². The van der Waals surface area contributed by atoms with Gasteiger partial charge in [-0.15, -0.1) is 0 Å². The molecule has 2 aromatic carbocycles. The van der Waals surface area contributed by atoms with Gasteiger partial charge in [-0.1, -0.05) is 17.7 Å². The maximum Gasteiger partial charge on any atom is 0.170 e. The molecule has 0 bridgehead atoms. The van der Waals surface area contributed by atoms with Gasteiger partial charge in [0.2, 0.25) is 0 Å². The summed E-state index contributed by atoms with van der Waals surface area (Å²) in [4.78, 5) is 2.18. The third kappa shape index (κ3) is 5.53. The van der Waals surface area contributed by atoms with Gasteiger partial charge in [0, 0.05) is 31.9 Å². The third-order valence-electron chi connectivity index (χ3n) is 3.86. The zero-order valence-electron chi connectivity index (χ0n) is 15.1. The van der Waals surface area contributed by atoms with Crippen molar-refractivity contribution in [3.8, 4) is 11.5 Å². The molecule has 5 nitrogen and oxygen atoms in total. The lowest BCUT2D eigenvalue weighted by Crippen LogP contribution is -2.35. The van der Waals surface area contributed by atoms with Crippen molar-refractivity contribution in [1.29, 1.82) is 0 Å². The summed E-state index contributed by atoms with van der Waals surface area (Å²) in [5.74, 6) is 1.42. The monoisotopic (exact) mass is 359 g/mol. The number of likely N-dealkylation sites (N-methyl/N-ethyl adjacent to an activating group) is 1. The summed E-state index contributed by atoms with van der Waals surface area (Å²) in [6, 6.07) is 14.0. The Morgan fingerprint density at radius 2 is 1.80 bits per heavy atom. The largest absolute Gasteiger partial charge is 0.497 e. The molecular weight excluding hydrogens is 334 g/mol. The van der Waals surface area contributed by atoms with Gasteiger partial charge < -0.3 is 25.0 Å². The minimum atomic E-state index is 0.556. The number of thiocarbonyl (C=S) groups is 1. The van der Waals surface area contributed by atoms with E-state index in [0.717, 1.165) is 24.5 Å². The van der Waals surface area contributed by atoms with Crippen LogP contribution >= 0.6 is 12.2 Å². The molecule has 25 heavy (non-hydrogen) atoms. The van der Waals surface area contributed by atoms with Crippen LogP contribution < -0.4 is 25.0 Å². The van der Waals surface area contributed by atoms with Crippen LogP contribution in [-0.4, -0.2) is 39.5 Å². The van der Waals surface area contributed by atoms with Crippen LogP contribution in [-0.2, 0) is 0 Å². The Bertz CT molecular complexity index is 704. The van der Waals surface area contributed by atoms with Gasteiger partial charge in [0.1, 0.15) is 11.5 Å². The quantitative estimate of drug-likeness (QED) is 0.739. The summed E-state index contributed by atoms with van der Waals surface area (Å²) < 4.78 is 10.6. The predicted molar refractivity (Wildman–Crippen MR) is 108 cm³/mol. The van der Waals surface area contributed by atoms with Crippen LogP contribution in [0.2, 0.25) is 0 Å². The summed E-state index contributed by atoms with van der Waals surface area (Å²) in [6.07, 6.45) is 0. The fourth-order valence-corrected chi connectivity index (χ4v) is 2.55. The van der Waals surface area contributed by atoms with Crippen molar-refractivity contribution in [2.24, 2.45) is 0 Å². The summed E-state index contributed by atoms with van der Waals surface area (Å²) in [6.45, 7) is 3.65. The molecule has 2 rings (SSSR count). The number of benzene rings is 2. The average molecular weight is 359 g/mol. The van der Waals surface area contributed by atoms with E-state index < -0.39 is 0 Å². The summed E-state index contributed by atoms with van der Waals surface area (Å²) >= 11 is 5.36. The van der Waals surface area contributed by atoms with Gasteiger partial charge in [0.15, 0.2) is 5.11 Å². The predicted octanol–water partition coefficient (Wildman–Crippen LogP) is 3.44. The molecule has 6 heteroatoms. The van der Waals surface area contributed by atoms with E-state index in [1.54, 1.807) is 14.2 Å². The van der Waals surface area contributed by atoms with E-state index in [1.807, 2.05) is 18.2 Å². The van der Waals surface area contributed by atoms with Gasteiger partial charge in [-0.2, -0.15) is 0 Å². The molecule has 2 N–H and O–H groups in total. The second kappa shape index (κ2) is 9.13. The first kappa shape index (κ1) is 18.9. The number of anilines is 2. The van der Waals surface area contributed by atoms with Crippen LogP contribution in [0.4, 0.5) is 11.4 Å². The van der Waals surface area contributed by atoms with Crippen molar-refractivity contribution in [3.63, 3.8) is 0 Å². The maximum atomic E-state index is 5.36. The van der Waals surface area contributed by atoms with Crippen LogP contribution in [0, 0.1) is 6.92 Å². The number of ether oxygens (including phenoxy) is 2. The van der Waals surface area contributed by atoms with E-state index in [9.17, 15) is 0 Å². The Morgan fingerprint density at radius 1 is 1.08 bits per heavy atom. The standard InChI is InChI=1S/C19H25N3O2S/c1-14-5-7-15(8-6-14)22(2)12-11-20-19(25)21-17-10-9-16(23-3)13-18(17)24-4/h5-10,13H,11-12H2,1-4H3,(H2,20,21,25). The Hall–Kier alpha value is -2.47. The van der Waals surface area contributed by atoms with Crippen molar-refractivity contribution in [1.82, 2.24) is 5.32 Å². The summed E-state index contributed by atoms with van der Waals surface area (Å²) in [5, 5.41) is 6.93. The second-order valence-corrected chi connectivity index (χ2v) is 6.11. The molecule has 0 amide bonds. The summed E-state index contributed by atoms with van der Waals surface area (Å²) in [5.41, 5.74) is 3.24. The Labute approximate surface area is 154 Å². The number of nitrogens with one attached hydrogen (secondary N) is 2. The highest BCUT2D eigenvalue weighted by Crippen LogP contribution is 2.28. The van der Waals surface area contributed by atoms with Crippen molar-refractivity contribution in [2.75, 3.05) is 44.6 Å². The van der Waals surface area contributed by atoms with Gasteiger partial charge in [-0.25, -0.2) is 0 Å². The SMILES string of the molecule is COc1ccc(NC(=S)NCCN(C)c2ccc(C)cc2)c(OC)c1. The van der Waals surface area contributed by atoms with Crippen LogP contribution in [0.1, 0.15) is 5.56 Å². The Morgan fingerprint density at radius 3 is 2.44 bits per heavy atom. The molecule has 134 valence electrons. The van der Waals surface area contributed by atoms with Gasteiger partial charge >= 0.3 is 0 Å². The minimum Gasteiger partial charge on any atom is -0.497 e. The molecule has 0 aliphatic heterocycles. The Kier molecular flexibility index (Phi) is 6.89. The lowest BCUT2D eigenvalue weighted by atomic mass is 10.2. The van der Waals surface area contributed by atoms with Crippen LogP contribution in [0.15, 0.2) is 42.5 Å². The van der Waals surface area contributed by atoms with Gasteiger partial charge in [-0.3, -0.25) is 0 Å². The average Bonchev–Trinajstić information content (AvgIpc) is 2.62. The maximum absolute atomic E-state index is 5.36. The van der Waals surface area contributed by atoms with E-state index in [1.165, 1.54) is 11.3 Å². The zero-order valence-corrected chi connectivity index (χ0v) is 15.9. The number of hydrogen-bond acceptors (Lipinski definition) is 4. The van der Waals surface area contributed by atoms with Gasteiger partial charge in [0.05, 0.1) is 19.9 Å². The topological polar surface area (TPSA) is 45.8 Å². The number of hydrogen-bond donors (Lipinski definition) is 2. The van der Waals surface area contributed by atoms with Crippen LogP contribution in [0.3, 0.4) is 0 Å². The number of methoxy groups -OCH3 is 2. The van der Waals surface area contributed by atoms with Crippen molar-refractivity contribution < 1.29 is 9.47 Å². The second-order valence-electron chi connectivity index (χ2n) is 5.70. The lowest BCUT2D eigenvalue weighted by Gasteiger charge is -2.20. The van der Waals surface area contributed by atoms with Crippen LogP contribution in [0.25, 0.3) is 0 Å². The minimum absolute atomic E-state index is 0.556. The third-order valence-corrected chi connectivity index (χ3v) is 4.11. The van der Waals surface area contributed by atoms with E-state index in [0.29, 0.717) is 10.9 Å². The molecule has 0 aliphatic carbocycles. The molecule has 0 unspecified atom stereocenters. The van der Waals surface area contributed by atoms with E-state index in [2.05, 4.69) is 53.8 Å². The van der Waals surface area contributed by atoms with Crippen molar-refractivity contribution >= 4 is 28.7 Å². The van der Waals surface area contributed by atoms with Gasteiger partial charge in [-0.05, 0) is 43.4 Å².